The predicted molar refractivity (Wildman–Crippen MR) is 107 cm³/mol. The molecule has 2 aliphatic heterocycles. The van der Waals surface area contributed by atoms with Gasteiger partial charge < -0.3 is 14.5 Å². The standard InChI is InChI=1S/C21H30F3N3O2/c1-25(16-8-12-26(13-9-16)15-21(22,23)24)20(28)18-7-6-17(29-2)14-19(18)27-10-4-3-5-11-27/h6-7,14,16H,3-5,8-13,15H2,1-2H3. The molecule has 2 heterocycles. The molecule has 2 fully saturated rings. The third-order valence-electron chi connectivity index (χ3n) is 5.96. The van der Waals surface area contributed by atoms with E-state index in [0.717, 1.165) is 31.6 Å². The first-order valence-corrected chi connectivity index (χ1v) is 10.3. The van der Waals surface area contributed by atoms with Crippen LogP contribution < -0.4 is 9.64 Å². The summed E-state index contributed by atoms with van der Waals surface area (Å²) in [6.07, 6.45) is 0.304. The average molecular weight is 413 g/mol. The Kier molecular flexibility index (Phi) is 6.93. The molecule has 1 amide bonds. The second-order valence-corrected chi connectivity index (χ2v) is 7.97. The Bertz CT molecular complexity index is 697. The molecule has 0 atom stereocenters. The number of methoxy groups -OCH3 is 1. The van der Waals surface area contributed by atoms with Gasteiger partial charge in [0.1, 0.15) is 5.75 Å². The van der Waals surface area contributed by atoms with E-state index >= 15 is 0 Å². The van der Waals surface area contributed by atoms with Gasteiger partial charge in [-0.15, -0.1) is 0 Å². The largest absolute Gasteiger partial charge is 0.497 e. The first-order chi connectivity index (χ1) is 13.8. The molecule has 3 rings (SSSR count). The first-order valence-electron chi connectivity index (χ1n) is 10.3. The van der Waals surface area contributed by atoms with Gasteiger partial charge in [0, 0.05) is 45.3 Å². The van der Waals surface area contributed by atoms with Gasteiger partial charge in [0.25, 0.3) is 5.91 Å². The summed E-state index contributed by atoms with van der Waals surface area (Å²) in [6.45, 7) is 1.64. The van der Waals surface area contributed by atoms with Gasteiger partial charge in [-0.05, 0) is 44.2 Å². The van der Waals surface area contributed by atoms with Crippen LogP contribution in [0.5, 0.6) is 5.75 Å². The molecule has 0 aromatic heterocycles. The van der Waals surface area contributed by atoms with E-state index < -0.39 is 12.7 Å². The van der Waals surface area contributed by atoms with Gasteiger partial charge in [-0.3, -0.25) is 9.69 Å². The Morgan fingerprint density at radius 3 is 2.38 bits per heavy atom. The van der Waals surface area contributed by atoms with Gasteiger partial charge in [-0.25, -0.2) is 0 Å². The predicted octanol–water partition coefficient (Wildman–Crippen LogP) is 3.78. The average Bonchev–Trinajstić information content (AvgIpc) is 2.72. The molecule has 0 saturated carbocycles. The quantitative estimate of drug-likeness (QED) is 0.736. The number of benzene rings is 1. The maximum absolute atomic E-state index is 13.3. The summed E-state index contributed by atoms with van der Waals surface area (Å²) in [6, 6.07) is 5.46. The van der Waals surface area contributed by atoms with Crippen molar-refractivity contribution in [3.05, 3.63) is 23.8 Å². The van der Waals surface area contributed by atoms with Crippen molar-refractivity contribution in [2.75, 3.05) is 51.8 Å². The lowest BCUT2D eigenvalue weighted by molar-refractivity contribution is -0.148. The third-order valence-corrected chi connectivity index (χ3v) is 5.96. The maximum atomic E-state index is 13.3. The van der Waals surface area contributed by atoms with Crippen molar-refractivity contribution < 1.29 is 22.7 Å². The van der Waals surface area contributed by atoms with Crippen molar-refractivity contribution in [3.8, 4) is 5.75 Å². The fourth-order valence-corrected chi connectivity index (χ4v) is 4.29. The van der Waals surface area contributed by atoms with Crippen molar-refractivity contribution in [2.24, 2.45) is 0 Å². The molecule has 1 aromatic rings. The third kappa shape index (κ3) is 5.56. The van der Waals surface area contributed by atoms with Crippen LogP contribution in [0.1, 0.15) is 42.5 Å². The van der Waals surface area contributed by atoms with Crippen molar-refractivity contribution in [1.29, 1.82) is 0 Å². The Labute approximate surface area is 170 Å². The van der Waals surface area contributed by atoms with Crippen molar-refractivity contribution in [3.63, 3.8) is 0 Å². The lowest BCUT2D eigenvalue weighted by Crippen LogP contribution is -2.47. The highest BCUT2D eigenvalue weighted by Gasteiger charge is 2.34. The van der Waals surface area contributed by atoms with E-state index in [1.165, 1.54) is 11.3 Å². The Balaban J connectivity index is 1.71. The summed E-state index contributed by atoms with van der Waals surface area (Å²) in [5.41, 5.74) is 1.52. The summed E-state index contributed by atoms with van der Waals surface area (Å²) in [7, 11) is 3.37. The van der Waals surface area contributed by atoms with Crippen LogP contribution in [0, 0.1) is 0 Å². The van der Waals surface area contributed by atoms with Gasteiger partial charge >= 0.3 is 6.18 Å². The highest BCUT2D eigenvalue weighted by atomic mass is 19.4. The van der Waals surface area contributed by atoms with Gasteiger partial charge in [0.2, 0.25) is 0 Å². The molecule has 162 valence electrons. The summed E-state index contributed by atoms with van der Waals surface area (Å²) < 4.78 is 43.2. The van der Waals surface area contributed by atoms with Gasteiger partial charge in [0.15, 0.2) is 0 Å². The lowest BCUT2D eigenvalue weighted by atomic mass is 10.0. The van der Waals surface area contributed by atoms with Crippen LogP contribution in [-0.2, 0) is 0 Å². The molecule has 2 aliphatic rings. The second kappa shape index (κ2) is 9.24. The van der Waals surface area contributed by atoms with E-state index in [2.05, 4.69) is 4.90 Å². The number of nitrogens with zero attached hydrogens (tertiary/aromatic N) is 3. The maximum Gasteiger partial charge on any atom is 0.401 e. The van der Waals surface area contributed by atoms with Crippen molar-refractivity contribution >= 4 is 11.6 Å². The number of hydrogen-bond acceptors (Lipinski definition) is 4. The molecule has 0 spiro atoms. The zero-order valence-electron chi connectivity index (χ0n) is 17.2. The molecule has 5 nitrogen and oxygen atoms in total. The number of anilines is 1. The highest BCUT2D eigenvalue weighted by molar-refractivity contribution is 6.00. The first kappa shape index (κ1) is 21.7. The second-order valence-electron chi connectivity index (χ2n) is 7.97. The smallest absolute Gasteiger partial charge is 0.401 e. The van der Waals surface area contributed by atoms with E-state index in [1.807, 2.05) is 6.07 Å². The molecule has 2 saturated heterocycles. The molecule has 1 aromatic carbocycles. The molecular weight excluding hydrogens is 383 g/mol. The normalized spacial score (nSPS) is 19.3. The summed E-state index contributed by atoms with van der Waals surface area (Å²) in [5, 5.41) is 0. The Morgan fingerprint density at radius 1 is 1.14 bits per heavy atom. The van der Waals surface area contributed by atoms with Crippen LogP contribution in [-0.4, -0.2) is 74.8 Å². The van der Waals surface area contributed by atoms with E-state index in [9.17, 15) is 18.0 Å². The monoisotopic (exact) mass is 413 g/mol. The minimum atomic E-state index is -4.18. The molecule has 0 aliphatic carbocycles. The number of piperidine rings is 2. The number of halogens is 3. The summed E-state index contributed by atoms with van der Waals surface area (Å²) in [4.78, 5) is 18.6. The van der Waals surface area contributed by atoms with Crippen LogP contribution >= 0.6 is 0 Å². The zero-order chi connectivity index (χ0) is 21.0. The van der Waals surface area contributed by atoms with Crippen molar-refractivity contribution in [2.45, 2.75) is 44.3 Å². The van der Waals surface area contributed by atoms with Crippen LogP contribution in [0.25, 0.3) is 0 Å². The summed E-state index contributed by atoms with van der Waals surface area (Å²) in [5.74, 6) is 0.632. The molecule has 0 unspecified atom stereocenters. The molecule has 29 heavy (non-hydrogen) atoms. The molecule has 0 N–H and O–H groups in total. The number of alkyl halides is 3. The number of rotatable bonds is 5. The summed E-state index contributed by atoms with van der Waals surface area (Å²) >= 11 is 0. The topological polar surface area (TPSA) is 36.0 Å². The molecule has 0 bridgehead atoms. The Morgan fingerprint density at radius 2 is 1.79 bits per heavy atom. The van der Waals surface area contributed by atoms with Crippen LogP contribution in [0.15, 0.2) is 18.2 Å². The van der Waals surface area contributed by atoms with E-state index in [4.69, 9.17) is 4.74 Å². The highest BCUT2D eigenvalue weighted by Crippen LogP contribution is 2.31. The zero-order valence-corrected chi connectivity index (χ0v) is 17.2. The van der Waals surface area contributed by atoms with Crippen LogP contribution in [0.2, 0.25) is 0 Å². The fourth-order valence-electron chi connectivity index (χ4n) is 4.29. The number of likely N-dealkylation sites (tertiary alicyclic amines) is 1. The molecular formula is C21H30F3N3O2. The van der Waals surface area contributed by atoms with Gasteiger partial charge in [-0.2, -0.15) is 13.2 Å². The Hall–Kier alpha value is -1.96. The van der Waals surface area contributed by atoms with Crippen molar-refractivity contribution in [1.82, 2.24) is 9.80 Å². The number of carbonyl (C=O) groups is 1. The van der Waals surface area contributed by atoms with E-state index in [-0.39, 0.29) is 11.9 Å². The van der Waals surface area contributed by atoms with Gasteiger partial charge in [0.05, 0.1) is 24.9 Å². The number of amides is 1. The van der Waals surface area contributed by atoms with Crippen LogP contribution in [0.4, 0.5) is 18.9 Å². The van der Waals surface area contributed by atoms with Crippen LogP contribution in [0.3, 0.4) is 0 Å². The minimum Gasteiger partial charge on any atom is -0.497 e. The molecule has 8 heteroatoms. The SMILES string of the molecule is COc1ccc(C(=O)N(C)C2CCN(CC(F)(F)F)CC2)c(N2CCCCC2)c1. The van der Waals surface area contributed by atoms with Gasteiger partial charge in [-0.1, -0.05) is 0 Å². The molecule has 0 radical (unpaired) electrons. The number of hydrogen-bond donors (Lipinski definition) is 0. The lowest BCUT2D eigenvalue weighted by Gasteiger charge is -2.38. The number of carbonyl (C=O) groups excluding carboxylic acids is 1. The number of ether oxygens (including phenoxy) is 1. The van der Waals surface area contributed by atoms with E-state index in [0.29, 0.717) is 37.2 Å². The fraction of sp³-hybridized carbons (Fsp3) is 0.667. The van der Waals surface area contributed by atoms with E-state index in [1.54, 1.807) is 31.2 Å². The minimum absolute atomic E-state index is 0.0525.